The summed E-state index contributed by atoms with van der Waals surface area (Å²) in [5.41, 5.74) is -0.705. The van der Waals surface area contributed by atoms with Crippen LogP contribution in [0.2, 0.25) is 0 Å². The van der Waals surface area contributed by atoms with Crippen LogP contribution in [-0.4, -0.2) is 21.7 Å². The molecule has 28 heavy (non-hydrogen) atoms. The fraction of sp³-hybridized carbons (Fsp3) is 0.125. The average Bonchev–Trinajstić information content (AvgIpc) is 2.65. The van der Waals surface area contributed by atoms with E-state index in [4.69, 9.17) is 9.47 Å². The maximum Gasteiger partial charge on any atom is 0.377 e. The molecule has 0 N–H and O–H groups in total. The van der Waals surface area contributed by atoms with Gasteiger partial charge in [0.2, 0.25) is 11.5 Å². The lowest BCUT2D eigenvalue weighted by molar-refractivity contribution is -0.385. The molecule has 0 saturated heterocycles. The summed E-state index contributed by atoms with van der Waals surface area (Å²) in [5.74, 6) is -13.0. The van der Waals surface area contributed by atoms with Crippen LogP contribution < -0.4 is 9.47 Å². The summed E-state index contributed by atoms with van der Waals surface area (Å²) < 4.78 is 64.7. The quantitative estimate of drug-likeness (QED) is 0.403. The highest BCUT2D eigenvalue weighted by atomic mass is 19.3. The SMILES string of the molecule is O=[N+]([O-])c1ccc(OC2=C(Oc3ccc([N+](=O)[O-])cc3)C(F)(F)C2(F)F)cc1. The Kier molecular flexibility index (Phi) is 4.41. The van der Waals surface area contributed by atoms with Gasteiger partial charge in [0, 0.05) is 24.3 Å². The van der Waals surface area contributed by atoms with Crippen LogP contribution in [0.25, 0.3) is 0 Å². The zero-order valence-electron chi connectivity index (χ0n) is 13.5. The molecule has 1 aliphatic carbocycles. The Morgan fingerprint density at radius 1 is 0.643 bits per heavy atom. The van der Waals surface area contributed by atoms with Crippen molar-refractivity contribution >= 4 is 11.4 Å². The van der Waals surface area contributed by atoms with Gasteiger partial charge in [-0.3, -0.25) is 20.2 Å². The largest absolute Gasteiger partial charge is 0.451 e. The number of rotatable bonds is 6. The molecule has 1 aliphatic rings. The molecule has 0 aromatic heterocycles. The van der Waals surface area contributed by atoms with Crippen LogP contribution >= 0.6 is 0 Å². The van der Waals surface area contributed by atoms with Crippen molar-refractivity contribution in [3.8, 4) is 11.5 Å². The lowest BCUT2D eigenvalue weighted by Gasteiger charge is -2.38. The molecule has 0 unspecified atom stereocenters. The zero-order chi connectivity index (χ0) is 20.7. The Bertz CT molecular complexity index is 894. The molecule has 0 fully saturated rings. The lowest BCUT2D eigenvalue weighted by atomic mass is 9.94. The van der Waals surface area contributed by atoms with Gasteiger partial charge < -0.3 is 9.47 Å². The van der Waals surface area contributed by atoms with Gasteiger partial charge in [-0.2, -0.15) is 17.6 Å². The minimum Gasteiger partial charge on any atom is -0.451 e. The van der Waals surface area contributed by atoms with Crippen LogP contribution in [0.15, 0.2) is 60.0 Å². The van der Waals surface area contributed by atoms with E-state index in [2.05, 4.69) is 0 Å². The first-order valence-electron chi connectivity index (χ1n) is 7.39. The third kappa shape index (κ3) is 3.08. The van der Waals surface area contributed by atoms with Gasteiger partial charge in [0.1, 0.15) is 11.5 Å². The van der Waals surface area contributed by atoms with Crippen molar-refractivity contribution in [2.75, 3.05) is 0 Å². The molecule has 0 radical (unpaired) electrons. The van der Waals surface area contributed by atoms with Crippen molar-refractivity contribution in [2.24, 2.45) is 0 Å². The van der Waals surface area contributed by atoms with Crippen molar-refractivity contribution in [3.63, 3.8) is 0 Å². The summed E-state index contributed by atoms with van der Waals surface area (Å²) in [6.45, 7) is 0. The minimum atomic E-state index is -4.68. The highest BCUT2D eigenvalue weighted by Gasteiger charge is 2.75. The minimum absolute atomic E-state index is 0.347. The molecule has 12 heteroatoms. The van der Waals surface area contributed by atoms with E-state index in [1.165, 1.54) is 0 Å². The van der Waals surface area contributed by atoms with Gasteiger partial charge in [0.15, 0.2) is 0 Å². The number of nitrogens with zero attached hydrogens (tertiary/aromatic N) is 2. The van der Waals surface area contributed by atoms with E-state index in [0.717, 1.165) is 48.5 Å². The van der Waals surface area contributed by atoms with E-state index in [0.29, 0.717) is 0 Å². The van der Waals surface area contributed by atoms with Crippen LogP contribution in [0.5, 0.6) is 11.5 Å². The average molecular weight is 400 g/mol. The van der Waals surface area contributed by atoms with Gasteiger partial charge in [-0.1, -0.05) is 0 Å². The molecule has 2 aromatic carbocycles. The number of alkyl halides is 4. The number of benzene rings is 2. The normalized spacial score (nSPS) is 16.9. The molecule has 2 aromatic rings. The maximum atomic E-state index is 13.8. The Labute approximate surface area is 152 Å². The van der Waals surface area contributed by atoms with Crippen LogP contribution in [0.3, 0.4) is 0 Å². The maximum absolute atomic E-state index is 13.8. The monoisotopic (exact) mass is 400 g/mol. The molecule has 146 valence electrons. The Morgan fingerprint density at radius 3 is 1.18 bits per heavy atom. The van der Waals surface area contributed by atoms with Crippen molar-refractivity contribution in [1.82, 2.24) is 0 Å². The molecule has 8 nitrogen and oxygen atoms in total. The third-order valence-corrected chi connectivity index (χ3v) is 3.71. The molecule has 0 bridgehead atoms. The first-order valence-corrected chi connectivity index (χ1v) is 7.39. The van der Waals surface area contributed by atoms with E-state index in [1.54, 1.807) is 0 Å². The molecule has 0 spiro atoms. The fourth-order valence-corrected chi connectivity index (χ4v) is 2.24. The zero-order valence-corrected chi connectivity index (χ0v) is 13.5. The Balaban J connectivity index is 1.90. The molecule has 3 rings (SSSR count). The number of hydrogen-bond acceptors (Lipinski definition) is 6. The van der Waals surface area contributed by atoms with Crippen molar-refractivity contribution in [1.29, 1.82) is 0 Å². The summed E-state index contributed by atoms with van der Waals surface area (Å²) >= 11 is 0. The molecular weight excluding hydrogens is 392 g/mol. The highest BCUT2D eigenvalue weighted by molar-refractivity contribution is 5.44. The number of ether oxygens (including phenoxy) is 2. The van der Waals surface area contributed by atoms with Crippen molar-refractivity contribution in [2.45, 2.75) is 11.8 Å². The number of hydrogen-bond donors (Lipinski definition) is 0. The number of non-ortho nitro benzene ring substituents is 2. The molecule has 0 heterocycles. The number of allylic oxidation sites excluding steroid dienone is 2. The first-order chi connectivity index (χ1) is 13.0. The number of nitro groups is 2. The standard InChI is InChI=1S/C16H8F4N2O6/c17-15(18)13(27-11-5-1-9(2-6-11)21(23)24)14(16(15,19)20)28-12-7-3-10(4-8-12)22(25)26/h1-8H. The fourth-order valence-electron chi connectivity index (χ4n) is 2.24. The van der Waals surface area contributed by atoms with Crippen LogP contribution in [-0.2, 0) is 0 Å². The second-order valence-electron chi connectivity index (χ2n) is 5.51. The van der Waals surface area contributed by atoms with Gasteiger partial charge >= 0.3 is 11.8 Å². The Hall–Kier alpha value is -3.70. The van der Waals surface area contributed by atoms with E-state index in [9.17, 15) is 37.8 Å². The van der Waals surface area contributed by atoms with E-state index in [-0.39, 0.29) is 22.9 Å². The summed E-state index contributed by atoms with van der Waals surface area (Å²) in [4.78, 5) is 19.7. The van der Waals surface area contributed by atoms with Crippen LogP contribution in [0.4, 0.5) is 28.9 Å². The summed E-state index contributed by atoms with van der Waals surface area (Å²) in [6.07, 6.45) is 0. The smallest absolute Gasteiger partial charge is 0.377 e. The van der Waals surface area contributed by atoms with Gasteiger partial charge in [0.25, 0.3) is 11.4 Å². The molecule has 0 saturated carbocycles. The molecule has 0 aliphatic heterocycles. The second kappa shape index (κ2) is 6.48. The summed E-state index contributed by atoms with van der Waals surface area (Å²) in [5, 5.41) is 21.2. The van der Waals surface area contributed by atoms with Crippen LogP contribution in [0, 0.1) is 20.2 Å². The lowest BCUT2D eigenvalue weighted by Crippen LogP contribution is -2.57. The summed E-state index contributed by atoms with van der Waals surface area (Å²) in [6, 6.07) is 7.62. The van der Waals surface area contributed by atoms with Crippen LogP contribution in [0.1, 0.15) is 0 Å². The number of halogens is 4. The highest BCUT2D eigenvalue weighted by Crippen LogP contribution is 2.56. The Morgan fingerprint density at radius 2 is 0.929 bits per heavy atom. The van der Waals surface area contributed by atoms with Gasteiger partial charge in [-0.25, -0.2) is 0 Å². The van der Waals surface area contributed by atoms with E-state index < -0.39 is 33.2 Å². The predicted octanol–water partition coefficient (Wildman–Crippen LogP) is 4.46. The van der Waals surface area contributed by atoms with E-state index >= 15 is 0 Å². The van der Waals surface area contributed by atoms with Crippen molar-refractivity contribution in [3.05, 3.63) is 80.3 Å². The molecular formula is C16H8F4N2O6. The van der Waals surface area contributed by atoms with Gasteiger partial charge in [-0.05, 0) is 24.3 Å². The summed E-state index contributed by atoms with van der Waals surface area (Å²) in [7, 11) is 0. The second-order valence-corrected chi connectivity index (χ2v) is 5.51. The molecule has 0 amide bonds. The van der Waals surface area contributed by atoms with E-state index in [1.807, 2.05) is 0 Å². The first kappa shape index (κ1) is 19.1. The number of nitro benzene ring substituents is 2. The topological polar surface area (TPSA) is 105 Å². The van der Waals surface area contributed by atoms with Gasteiger partial charge in [-0.15, -0.1) is 0 Å². The third-order valence-electron chi connectivity index (χ3n) is 3.71. The van der Waals surface area contributed by atoms with Crippen molar-refractivity contribution < 1.29 is 36.9 Å². The van der Waals surface area contributed by atoms with Gasteiger partial charge in [0.05, 0.1) is 9.85 Å². The molecule has 0 atom stereocenters. The predicted molar refractivity (Wildman–Crippen MR) is 84.4 cm³/mol.